The van der Waals surface area contributed by atoms with Gasteiger partial charge in [-0.05, 0) is 46.1 Å². The standard InChI is InChI=1S/C16H30N2O2/c1-4-18(14-8-6-7-9-14)12-16(3,15(19)20-5-2)17-13-10-11-13/h13-14,17H,4-12H2,1-3H3. The molecule has 1 unspecified atom stereocenters. The van der Waals surface area contributed by atoms with Crippen molar-refractivity contribution >= 4 is 5.97 Å². The first kappa shape index (κ1) is 15.8. The van der Waals surface area contributed by atoms with Crippen molar-refractivity contribution in [1.29, 1.82) is 0 Å². The van der Waals surface area contributed by atoms with Crippen molar-refractivity contribution in [1.82, 2.24) is 10.2 Å². The van der Waals surface area contributed by atoms with Crippen LogP contribution in [0.3, 0.4) is 0 Å². The molecule has 2 fully saturated rings. The summed E-state index contributed by atoms with van der Waals surface area (Å²) in [6.07, 6.45) is 7.57. The monoisotopic (exact) mass is 282 g/mol. The van der Waals surface area contributed by atoms with E-state index in [1.54, 1.807) is 0 Å². The number of hydrogen-bond acceptors (Lipinski definition) is 4. The number of nitrogens with zero attached hydrogens (tertiary/aromatic N) is 1. The summed E-state index contributed by atoms with van der Waals surface area (Å²) in [7, 11) is 0. The summed E-state index contributed by atoms with van der Waals surface area (Å²) in [5.41, 5.74) is -0.560. The second-order valence-electron chi connectivity index (χ2n) is 6.47. The molecule has 0 aromatic rings. The van der Waals surface area contributed by atoms with E-state index >= 15 is 0 Å². The lowest BCUT2D eigenvalue weighted by atomic mass is 10.00. The molecule has 0 bridgehead atoms. The molecule has 20 heavy (non-hydrogen) atoms. The summed E-state index contributed by atoms with van der Waals surface area (Å²) < 4.78 is 5.32. The molecular formula is C16H30N2O2. The molecule has 4 nitrogen and oxygen atoms in total. The molecule has 1 N–H and O–H groups in total. The molecule has 116 valence electrons. The molecule has 2 rings (SSSR count). The van der Waals surface area contributed by atoms with Gasteiger partial charge >= 0.3 is 5.97 Å². The maximum Gasteiger partial charge on any atom is 0.327 e. The van der Waals surface area contributed by atoms with Crippen LogP contribution in [-0.4, -0.2) is 48.2 Å². The van der Waals surface area contributed by atoms with E-state index in [0.29, 0.717) is 18.7 Å². The van der Waals surface area contributed by atoms with Crippen LogP contribution in [-0.2, 0) is 9.53 Å². The first-order valence-corrected chi connectivity index (χ1v) is 8.28. The number of rotatable bonds is 8. The number of ether oxygens (including phenoxy) is 1. The molecule has 2 aliphatic carbocycles. The molecule has 2 saturated carbocycles. The van der Waals surface area contributed by atoms with Crippen LogP contribution in [0, 0.1) is 0 Å². The Labute approximate surface area is 123 Å². The number of carbonyl (C=O) groups excluding carboxylic acids is 1. The van der Waals surface area contributed by atoms with E-state index in [1.165, 1.54) is 38.5 Å². The first-order valence-electron chi connectivity index (χ1n) is 8.28. The highest BCUT2D eigenvalue weighted by molar-refractivity contribution is 5.80. The number of nitrogens with one attached hydrogen (secondary N) is 1. The lowest BCUT2D eigenvalue weighted by Gasteiger charge is -2.37. The summed E-state index contributed by atoms with van der Waals surface area (Å²) in [4.78, 5) is 14.9. The second-order valence-corrected chi connectivity index (χ2v) is 6.47. The average molecular weight is 282 g/mol. The Morgan fingerprint density at radius 3 is 2.40 bits per heavy atom. The fraction of sp³-hybridized carbons (Fsp3) is 0.938. The maximum atomic E-state index is 12.4. The normalized spacial score (nSPS) is 23.0. The molecule has 1 atom stereocenters. The second kappa shape index (κ2) is 6.90. The van der Waals surface area contributed by atoms with Crippen molar-refractivity contribution in [3.63, 3.8) is 0 Å². The Morgan fingerprint density at radius 1 is 1.25 bits per heavy atom. The van der Waals surface area contributed by atoms with Gasteiger partial charge in [0.15, 0.2) is 0 Å². The van der Waals surface area contributed by atoms with E-state index in [2.05, 4.69) is 17.1 Å². The number of likely N-dealkylation sites (N-methyl/N-ethyl adjacent to an activating group) is 1. The van der Waals surface area contributed by atoms with Crippen LogP contribution in [0.15, 0.2) is 0 Å². The minimum atomic E-state index is -0.560. The molecule has 0 aromatic heterocycles. The molecule has 0 aliphatic heterocycles. The summed E-state index contributed by atoms with van der Waals surface area (Å²) in [5, 5.41) is 3.52. The van der Waals surface area contributed by atoms with Gasteiger partial charge in [-0.25, -0.2) is 0 Å². The number of esters is 1. The average Bonchev–Trinajstić information content (AvgIpc) is 3.06. The fourth-order valence-corrected chi connectivity index (χ4v) is 3.31. The van der Waals surface area contributed by atoms with E-state index in [9.17, 15) is 4.79 Å². The Bertz CT molecular complexity index is 324. The van der Waals surface area contributed by atoms with Gasteiger partial charge in [-0.1, -0.05) is 19.8 Å². The Morgan fingerprint density at radius 2 is 1.90 bits per heavy atom. The van der Waals surface area contributed by atoms with Crippen molar-refractivity contribution in [3.8, 4) is 0 Å². The fourth-order valence-electron chi connectivity index (χ4n) is 3.31. The zero-order chi connectivity index (χ0) is 14.6. The van der Waals surface area contributed by atoms with E-state index in [0.717, 1.165) is 13.1 Å². The lowest BCUT2D eigenvalue weighted by Crippen LogP contribution is -2.59. The van der Waals surface area contributed by atoms with Crippen LogP contribution >= 0.6 is 0 Å². The van der Waals surface area contributed by atoms with E-state index in [1.807, 2.05) is 13.8 Å². The molecule has 0 amide bonds. The van der Waals surface area contributed by atoms with Crippen LogP contribution < -0.4 is 5.32 Å². The SMILES string of the molecule is CCOC(=O)C(C)(CN(CC)C1CCCC1)NC1CC1. The van der Waals surface area contributed by atoms with Gasteiger partial charge in [-0.3, -0.25) is 15.0 Å². The van der Waals surface area contributed by atoms with Gasteiger partial charge in [0, 0.05) is 18.6 Å². The summed E-state index contributed by atoms with van der Waals surface area (Å²) in [6.45, 7) is 8.32. The molecule has 2 aliphatic rings. The summed E-state index contributed by atoms with van der Waals surface area (Å²) in [6, 6.07) is 1.15. The quantitative estimate of drug-likeness (QED) is 0.694. The van der Waals surface area contributed by atoms with Crippen LogP contribution in [0.4, 0.5) is 0 Å². The minimum absolute atomic E-state index is 0.0941. The zero-order valence-electron chi connectivity index (χ0n) is 13.3. The van der Waals surface area contributed by atoms with Crippen molar-refractivity contribution in [3.05, 3.63) is 0 Å². The van der Waals surface area contributed by atoms with Gasteiger partial charge in [0.1, 0.15) is 5.54 Å². The third-order valence-corrected chi connectivity index (χ3v) is 4.59. The molecule has 0 heterocycles. The molecule has 0 spiro atoms. The summed E-state index contributed by atoms with van der Waals surface area (Å²) in [5.74, 6) is -0.0941. The van der Waals surface area contributed by atoms with Crippen LogP contribution in [0.2, 0.25) is 0 Å². The third-order valence-electron chi connectivity index (χ3n) is 4.59. The molecular weight excluding hydrogens is 252 g/mol. The van der Waals surface area contributed by atoms with Crippen molar-refractivity contribution < 1.29 is 9.53 Å². The molecule has 0 aromatic carbocycles. The Kier molecular flexibility index (Phi) is 5.44. The van der Waals surface area contributed by atoms with Crippen molar-refractivity contribution in [2.75, 3.05) is 19.7 Å². The molecule has 4 heteroatoms. The zero-order valence-corrected chi connectivity index (χ0v) is 13.3. The van der Waals surface area contributed by atoms with Gasteiger partial charge in [0.25, 0.3) is 0 Å². The number of carbonyl (C=O) groups is 1. The van der Waals surface area contributed by atoms with Gasteiger partial charge in [-0.15, -0.1) is 0 Å². The Balaban J connectivity index is 2.02. The summed E-state index contributed by atoms with van der Waals surface area (Å²) >= 11 is 0. The third kappa shape index (κ3) is 3.95. The predicted octanol–water partition coefficient (Wildman–Crippen LogP) is 2.32. The van der Waals surface area contributed by atoms with Crippen LogP contribution in [0.25, 0.3) is 0 Å². The van der Waals surface area contributed by atoms with Crippen molar-refractivity contribution in [2.45, 2.75) is 76.9 Å². The van der Waals surface area contributed by atoms with Crippen LogP contribution in [0.5, 0.6) is 0 Å². The van der Waals surface area contributed by atoms with E-state index in [4.69, 9.17) is 4.74 Å². The van der Waals surface area contributed by atoms with Gasteiger partial charge in [0.05, 0.1) is 6.61 Å². The highest BCUT2D eigenvalue weighted by atomic mass is 16.5. The van der Waals surface area contributed by atoms with Gasteiger partial charge < -0.3 is 4.74 Å². The van der Waals surface area contributed by atoms with E-state index < -0.39 is 5.54 Å². The first-order chi connectivity index (χ1) is 9.59. The van der Waals surface area contributed by atoms with Crippen molar-refractivity contribution in [2.24, 2.45) is 0 Å². The van der Waals surface area contributed by atoms with Gasteiger partial charge in [-0.2, -0.15) is 0 Å². The molecule has 0 radical (unpaired) electrons. The van der Waals surface area contributed by atoms with E-state index in [-0.39, 0.29) is 5.97 Å². The minimum Gasteiger partial charge on any atom is -0.465 e. The maximum absolute atomic E-state index is 12.4. The van der Waals surface area contributed by atoms with Gasteiger partial charge in [0.2, 0.25) is 0 Å². The molecule has 0 saturated heterocycles. The highest BCUT2D eigenvalue weighted by Gasteiger charge is 2.42. The smallest absolute Gasteiger partial charge is 0.327 e. The Hall–Kier alpha value is -0.610. The topological polar surface area (TPSA) is 41.6 Å². The highest BCUT2D eigenvalue weighted by Crippen LogP contribution is 2.27. The van der Waals surface area contributed by atoms with Crippen LogP contribution in [0.1, 0.15) is 59.3 Å². The lowest BCUT2D eigenvalue weighted by molar-refractivity contribution is -0.151. The predicted molar refractivity (Wildman–Crippen MR) is 80.7 cm³/mol. The largest absolute Gasteiger partial charge is 0.465 e. The number of hydrogen-bond donors (Lipinski definition) is 1.